The number of nitrogens with zero attached hydrogens (tertiary/aromatic N) is 2. The highest BCUT2D eigenvalue weighted by Gasteiger charge is 2.43. The molecule has 1 amide bonds. The van der Waals surface area contributed by atoms with Crippen LogP contribution in [0.2, 0.25) is 10.0 Å². The monoisotopic (exact) mass is 622 g/mol. The first-order chi connectivity index (χ1) is 19.7. The predicted octanol–water partition coefficient (Wildman–Crippen LogP) is 7.25. The molecule has 0 N–H and O–H groups in total. The van der Waals surface area contributed by atoms with Gasteiger partial charge in [0.25, 0.3) is 0 Å². The molecule has 230 valence electrons. The molecule has 1 aliphatic carbocycles. The van der Waals surface area contributed by atoms with E-state index in [1.54, 1.807) is 26.8 Å². The molecule has 1 saturated heterocycles. The molecule has 2 fully saturated rings. The molecule has 0 bridgehead atoms. The first-order valence-electron chi connectivity index (χ1n) is 14.4. The number of carbonyl (C=O) groups is 2. The van der Waals surface area contributed by atoms with E-state index in [4.69, 9.17) is 37.4 Å². The first-order valence-corrected chi connectivity index (χ1v) is 15.1. The summed E-state index contributed by atoms with van der Waals surface area (Å²) < 4.78 is 31.5. The lowest BCUT2D eigenvalue weighted by Gasteiger charge is -2.45. The van der Waals surface area contributed by atoms with Gasteiger partial charge < -0.3 is 14.2 Å². The Kier molecular flexibility index (Phi) is 10.0. The van der Waals surface area contributed by atoms with E-state index in [-0.39, 0.29) is 23.5 Å². The van der Waals surface area contributed by atoms with Crippen LogP contribution in [0.15, 0.2) is 36.4 Å². The Morgan fingerprint density at radius 1 is 1.10 bits per heavy atom. The summed E-state index contributed by atoms with van der Waals surface area (Å²) in [7, 11) is 5.49. The van der Waals surface area contributed by atoms with E-state index in [0.717, 1.165) is 30.7 Å². The molecule has 2 aromatic carbocycles. The van der Waals surface area contributed by atoms with Crippen LogP contribution in [0, 0.1) is 11.7 Å². The fourth-order valence-corrected chi connectivity index (χ4v) is 6.53. The highest BCUT2D eigenvalue weighted by Crippen LogP contribution is 2.45. The van der Waals surface area contributed by atoms with Crippen LogP contribution in [-0.2, 0) is 26.2 Å². The summed E-state index contributed by atoms with van der Waals surface area (Å²) in [6.45, 7) is 5.37. The second kappa shape index (κ2) is 13.0. The largest absolute Gasteiger partial charge is 0.488 e. The number of ether oxygens (including phenoxy) is 3. The lowest BCUT2D eigenvalue weighted by molar-refractivity contribution is -0.145. The maximum absolute atomic E-state index is 15.0. The third-order valence-corrected chi connectivity index (χ3v) is 9.10. The molecule has 2 aromatic rings. The smallest absolute Gasteiger partial charge is 0.411 e. The number of likely N-dealkylation sites (tertiary alicyclic amines) is 1. The van der Waals surface area contributed by atoms with Crippen LogP contribution in [0.25, 0.3) is 0 Å². The van der Waals surface area contributed by atoms with Crippen LogP contribution in [0.1, 0.15) is 64.0 Å². The Hall–Kier alpha value is -2.55. The molecule has 4 rings (SSSR count). The number of rotatable bonds is 7. The SMILES string of the molecule is COC(=O)[C@@H]1C[C@H](Oc2cc(F)c(Cl)c(CC3CCC(c4ccc(Cl)cc4)(N(C)C)CC3)c2)CN1C(=O)OC(C)(C)C. The fraction of sp³-hybridized carbons (Fsp3) is 0.562. The van der Waals surface area contributed by atoms with Crippen LogP contribution in [0.4, 0.5) is 9.18 Å². The second-order valence-electron chi connectivity index (χ2n) is 12.6. The van der Waals surface area contributed by atoms with Crippen molar-refractivity contribution in [3.8, 4) is 5.75 Å². The summed E-state index contributed by atoms with van der Waals surface area (Å²) in [5.74, 6) is -0.475. The Labute approximate surface area is 258 Å². The molecule has 0 spiro atoms. The summed E-state index contributed by atoms with van der Waals surface area (Å²) in [4.78, 5) is 28.9. The molecule has 2 atom stereocenters. The lowest BCUT2D eigenvalue weighted by Crippen LogP contribution is -2.44. The fourth-order valence-electron chi connectivity index (χ4n) is 6.22. The summed E-state index contributed by atoms with van der Waals surface area (Å²) in [5.41, 5.74) is 1.12. The molecule has 7 nitrogen and oxygen atoms in total. The van der Waals surface area contributed by atoms with Gasteiger partial charge >= 0.3 is 12.1 Å². The first kappa shape index (κ1) is 32.4. The predicted molar refractivity (Wildman–Crippen MR) is 162 cm³/mol. The summed E-state index contributed by atoms with van der Waals surface area (Å²) in [5, 5.41) is 0.815. The van der Waals surface area contributed by atoms with Crippen molar-refractivity contribution in [3.63, 3.8) is 0 Å². The molecule has 1 heterocycles. The Bertz CT molecular complexity index is 1270. The van der Waals surface area contributed by atoms with Crippen molar-refractivity contribution in [2.75, 3.05) is 27.7 Å². The number of carbonyl (C=O) groups excluding carboxylic acids is 2. The van der Waals surface area contributed by atoms with E-state index in [2.05, 4.69) is 31.1 Å². The number of benzene rings is 2. The van der Waals surface area contributed by atoms with E-state index in [9.17, 15) is 9.59 Å². The minimum Gasteiger partial charge on any atom is -0.488 e. The van der Waals surface area contributed by atoms with Crippen molar-refractivity contribution in [1.29, 1.82) is 0 Å². The van der Waals surface area contributed by atoms with Gasteiger partial charge in [-0.1, -0.05) is 35.3 Å². The van der Waals surface area contributed by atoms with Gasteiger partial charge in [0.05, 0.1) is 18.7 Å². The van der Waals surface area contributed by atoms with E-state index in [0.29, 0.717) is 23.7 Å². The van der Waals surface area contributed by atoms with Gasteiger partial charge in [0.2, 0.25) is 0 Å². The van der Waals surface area contributed by atoms with Gasteiger partial charge in [-0.15, -0.1) is 0 Å². The van der Waals surface area contributed by atoms with E-state index in [1.807, 2.05) is 12.1 Å². The van der Waals surface area contributed by atoms with Gasteiger partial charge in [-0.25, -0.2) is 14.0 Å². The van der Waals surface area contributed by atoms with Crippen molar-refractivity contribution >= 4 is 35.3 Å². The third kappa shape index (κ3) is 7.32. The lowest BCUT2D eigenvalue weighted by atomic mass is 9.70. The van der Waals surface area contributed by atoms with Crippen LogP contribution in [0.5, 0.6) is 5.75 Å². The molecule has 0 aromatic heterocycles. The van der Waals surface area contributed by atoms with E-state index < -0.39 is 35.6 Å². The zero-order chi connectivity index (χ0) is 30.8. The van der Waals surface area contributed by atoms with Gasteiger partial charge in [-0.05, 0) is 102 Å². The molecule has 1 saturated carbocycles. The quantitative estimate of drug-likeness (QED) is 0.303. The molecule has 10 heteroatoms. The van der Waals surface area contributed by atoms with Crippen LogP contribution < -0.4 is 4.74 Å². The number of hydrogen-bond acceptors (Lipinski definition) is 6. The minimum atomic E-state index is -0.855. The van der Waals surface area contributed by atoms with E-state index >= 15 is 4.39 Å². The summed E-state index contributed by atoms with van der Waals surface area (Å²) in [6, 6.07) is 10.3. The summed E-state index contributed by atoms with van der Waals surface area (Å²) >= 11 is 12.6. The maximum atomic E-state index is 15.0. The van der Waals surface area contributed by atoms with Crippen LogP contribution in [0.3, 0.4) is 0 Å². The molecule has 42 heavy (non-hydrogen) atoms. The molecule has 2 aliphatic rings. The average Bonchev–Trinajstić information content (AvgIpc) is 3.35. The summed E-state index contributed by atoms with van der Waals surface area (Å²) in [6.07, 6.45) is 3.47. The standard InChI is InChI=1S/C32H41Cl2FN2O5/c1-31(2,3)42-30(39)37-19-25(18-27(37)29(38)40-6)41-24-16-21(28(34)26(35)17-24)15-20-11-13-32(14-12-20,36(4)5)22-7-9-23(33)10-8-22/h7-10,16-17,20,25,27H,11-15,18-19H2,1-6H3/t20?,25-,27-,32?/m0/s1. The van der Waals surface area contributed by atoms with Crippen molar-refractivity contribution in [1.82, 2.24) is 9.80 Å². The number of halogens is 3. The zero-order valence-electron chi connectivity index (χ0n) is 25.2. The normalized spacial score (nSPS) is 24.5. The van der Waals surface area contributed by atoms with Gasteiger partial charge in [-0.2, -0.15) is 0 Å². The molecule has 0 radical (unpaired) electrons. The van der Waals surface area contributed by atoms with Crippen LogP contribution in [-0.4, -0.2) is 67.4 Å². The molecular weight excluding hydrogens is 582 g/mol. The molecule has 0 unspecified atom stereocenters. The van der Waals surface area contributed by atoms with Crippen molar-refractivity contribution in [2.45, 2.75) is 82.6 Å². The maximum Gasteiger partial charge on any atom is 0.411 e. The highest BCUT2D eigenvalue weighted by atomic mass is 35.5. The Balaban J connectivity index is 1.46. The van der Waals surface area contributed by atoms with Crippen molar-refractivity contribution < 1.29 is 28.2 Å². The number of hydrogen-bond donors (Lipinski definition) is 0. The van der Waals surface area contributed by atoms with E-state index in [1.165, 1.54) is 23.6 Å². The minimum absolute atomic E-state index is 0.0836. The number of methoxy groups -OCH3 is 1. The van der Waals surface area contributed by atoms with Gasteiger partial charge in [0, 0.05) is 23.0 Å². The zero-order valence-corrected chi connectivity index (χ0v) is 26.7. The second-order valence-corrected chi connectivity index (χ2v) is 13.4. The Morgan fingerprint density at radius 3 is 2.31 bits per heavy atom. The molecule has 1 aliphatic heterocycles. The van der Waals surface area contributed by atoms with Crippen LogP contribution >= 0.6 is 23.2 Å². The van der Waals surface area contributed by atoms with Gasteiger partial charge in [0.1, 0.15) is 29.3 Å². The van der Waals surface area contributed by atoms with Crippen molar-refractivity contribution in [2.24, 2.45) is 5.92 Å². The molecular formula is C32H41Cl2FN2O5. The number of amides is 1. The van der Waals surface area contributed by atoms with Gasteiger partial charge in [-0.3, -0.25) is 9.80 Å². The van der Waals surface area contributed by atoms with Gasteiger partial charge in [0.15, 0.2) is 0 Å². The topological polar surface area (TPSA) is 68.3 Å². The average molecular weight is 624 g/mol. The number of esters is 1. The highest BCUT2D eigenvalue weighted by molar-refractivity contribution is 6.31. The van der Waals surface area contributed by atoms with Crippen molar-refractivity contribution in [3.05, 3.63) is 63.4 Å². The Morgan fingerprint density at radius 2 is 1.74 bits per heavy atom. The third-order valence-electron chi connectivity index (χ3n) is 8.42.